The quantitative estimate of drug-likeness (QED) is 0.241. The van der Waals surface area contributed by atoms with Gasteiger partial charge in [-0.25, -0.2) is 0 Å². The van der Waals surface area contributed by atoms with Gasteiger partial charge in [0.1, 0.15) is 6.29 Å². The second-order valence-corrected chi connectivity index (χ2v) is 3.11. The molecule has 0 saturated carbocycles. The molecule has 0 amide bonds. The van der Waals surface area contributed by atoms with Crippen molar-refractivity contribution in [1.29, 1.82) is 0 Å². The molecular weight excluding hydrogens is 160 g/mol. The van der Waals surface area contributed by atoms with Crippen LogP contribution in [0, 0.1) is 0 Å². The molecule has 0 saturated heterocycles. The van der Waals surface area contributed by atoms with Crippen LogP contribution < -0.4 is 0 Å². The molecule has 1 heteroatoms. The number of rotatable bonds is 8. The molecule has 74 valence electrons. The molecule has 0 aromatic rings. The molecule has 0 atom stereocenters. The van der Waals surface area contributed by atoms with Crippen LogP contribution >= 0.6 is 0 Å². The van der Waals surface area contributed by atoms with E-state index in [-0.39, 0.29) is 0 Å². The predicted molar refractivity (Wildman–Crippen MR) is 57.7 cm³/mol. The lowest BCUT2D eigenvalue weighted by Crippen LogP contribution is -1.73. The Morgan fingerprint density at radius 1 is 0.923 bits per heavy atom. The van der Waals surface area contributed by atoms with Crippen LogP contribution in [0.15, 0.2) is 24.3 Å². The van der Waals surface area contributed by atoms with Crippen molar-refractivity contribution >= 4 is 6.29 Å². The van der Waals surface area contributed by atoms with Gasteiger partial charge in [0.15, 0.2) is 0 Å². The zero-order valence-electron chi connectivity index (χ0n) is 8.54. The Morgan fingerprint density at radius 3 is 2.15 bits per heavy atom. The highest BCUT2D eigenvalue weighted by atomic mass is 16.1. The molecule has 0 aromatic carbocycles. The third-order valence-electron chi connectivity index (χ3n) is 1.83. The van der Waals surface area contributed by atoms with Crippen LogP contribution in [-0.4, -0.2) is 6.29 Å². The van der Waals surface area contributed by atoms with Gasteiger partial charge in [-0.2, -0.15) is 0 Å². The number of allylic oxidation sites excluding steroid dienone is 4. The maximum atomic E-state index is 9.91. The van der Waals surface area contributed by atoms with Crippen molar-refractivity contribution < 1.29 is 4.79 Å². The van der Waals surface area contributed by atoms with E-state index >= 15 is 0 Å². The smallest absolute Gasteiger partial charge is 0.142 e. The van der Waals surface area contributed by atoms with E-state index in [1.165, 1.54) is 32.1 Å². The van der Waals surface area contributed by atoms with Crippen molar-refractivity contribution in [2.75, 3.05) is 0 Å². The maximum Gasteiger partial charge on any atom is 0.142 e. The van der Waals surface area contributed by atoms with Gasteiger partial charge in [0.25, 0.3) is 0 Å². The normalized spacial score (nSPS) is 11.5. The third-order valence-corrected chi connectivity index (χ3v) is 1.83. The van der Waals surface area contributed by atoms with Crippen LogP contribution in [0.5, 0.6) is 0 Å². The first kappa shape index (κ1) is 12.2. The van der Waals surface area contributed by atoms with Gasteiger partial charge < -0.3 is 0 Å². The Bertz CT molecular complexity index is 157. The lowest BCUT2D eigenvalue weighted by atomic mass is 10.1. The number of carbonyl (C=O) groups excluding carboxylic acids is 1. The van der Waals surface area contributed by atoms with Crippen molar-refractivity contribution in [3.05, 3.63) is 24.3 Å². The van der Waals surface area contributed by atoms with Crippen LogP contribution in [0.25, 0.3) is 0 Å². The third kappa shape index (κ3) is 11.1. The highest BCUT2D eigenvalue weighted by Crippen LogP contribution is 2.02. The van der Waals surface area contributed by atoms with E-state index in [2.05, 4.69) is 19.1 Å². The lowest BCUT2D eigenvalue weighted by Gasteiger charge is -1.92. The standard InChI is InChI=1S/C12H20O/c1-2-3-4-5-6-7-8-9-10-11-12-13/h4-5,10-12H,2-3,6-9H2,1H3. The Hall–Kier alpha value is -0.850. The fourth-order valence-electron chi connectivity index (χ4n) is 1.08. The molecule has 0 aliphatic rings. The first-order valence-corrected chi connectivity index (χ1v) is 5.17. The largest absolute Gasteiger partial charge is 0.299 e. The Labute approximate surface area is 81.5 Å². The summed E-state index contributed by atoms with van der Waals surface area (Å²) in [7, 11) is 0. The number of unbranched alkanes of at least 4 members (excludes halogenated alkanes) is 4. The topological polar surface area (TPSA) is 17.1 Å². The van der Waals surface area contributed by atoms with E-state index in [9.17, 15) is 4.79 Å². The zero-order valence-corrected chi connectivity index (χ0v) is 8.54. The monoisotopic (exact) mass is 180 g/mol. The molecule has 1 nitrogen and oxygen atoms in total. The summed E-state index contributed by atoms with van der Waals surface area (Å²) >= 11 is 0. The van der Waals surface area contributed by atoms with Gasteiger partial charge in [-0.3, -0.25) is 4.79 Å². The summed E-state index contributed by atoms with van der Waals surface area (Å²) < 4.78 is 0. The minimum Gasteiger partial charge on any atom is -0.299 e. The number of hydrogen-bond acceptors (Lipinski definition) is 1. The van der Waals surface area contributed by atoms with E-state index in [0.29, 0.717) is 0 Å². The van der Waals surface area contributed by atoms with E-state index in [1.54, 1.807) is 6.08 Å². The Morgan fingerprint density at radius 2 is 1.54 bits per heavy atom. The van der Waals surface area contributed by atoms with Crippen LogP contribution in [0.2, 0.25) is 0 Å². The van der Waals surface area contributed by atoms with Crippen molar-refractivity contribution in [1.82, 2.24) is 0 Å². The Kier molecular flexibility index (Phi) is 10.4. The van der Waals surface area contributed by atoms with Crippen LogP contribution in [0.3, 0.4) is 0 Å². The molecule has 0 aliphatic carbocycles. The van der Waals surface area contributed by atoms with Gasteiger partial charge in [0.2, 0.25) is 0 Å². The van der Waals surface area contributed by atoms with E-state index < -0.39 is 0 Å². The fourth-order valence-corrected chi connectivity index (χ4v) is 1.08. The molecule has 0 unspecified atom stereocenters. The van der Waals surface area contributed by atoms with E-state index in [0.717, 1.165) is 12.7 Å². The molecule has 0 spiro atoms. The lowest BCUT2D eigenvalue weighted by molar-refractivity contribution is -0.104. The highest BCUT2D eigenvalue weighted by molar-refractivity contribution is 5.64. The summed E-state index contributed by atoms with van der Waals surface area (Å²) in [5.74, 6) is 0. The zero-order chi connectivity index (χ0) is 9.78. The Balaban J connectivity index is 3.07. The SMILES string of the molecule is CCCC=CCCCCC=CC=O. The number of carbonyl (C=O) groups is 1. The summed E-state index contributed by atoms with van der Waals surface area (Å²) in [6, 6.07) is 0. The molecular formula is C12H20O. The average Bonchev–Trinajstić information content (AvgIpc) is 2.16. The van der Waals surface area contributed by atoms with Gasteiger partial charge in [-0.15, -0.1) is 0 Å². The number of aldehydes is 1. The van der Waals surface area contributed by atoms with Gasteiger partial charge in [-0.05, 0) is 38.2 Å². The van der Waals surface area contributed by atoms with E-state index in [4.69, 9.17) is 0 Å². The maximum absolute atomic E-state index is 9.91. The van der Waals surface area contributed by atoms with Crippen molar-refractivity contribution in [2.45, 2.75) is 45.4 Å². The highest BCUT2D eigenvalue weighted by Gasteiger charge is 1.82. The van der Waals surface area contributed by atoms with Crippen molar-refractivity contribution in [3.8, 4) is 0 Å². The molecule has 0 fully saturated rings. The first-order chi connectivity index (χ1) is 6.41. The van der Waals surface area contributed by atoms with Crippen molar-refractivity contribution in [3.63, 3.8) is 0 Å². The second kappa shape index (κ2) is 11.2. The fraction of sp³-hybridized carbons (Fsp3) is 0.583. The van der Waals surface area contributed by atoms with Crippen LogP contribution in [-0.2, 0) is 4.79 Å². The molecule has 0 aliphatic heterocycles. The molecule has 0 heterocycles. The van der Waals surface area contributed by atoms with Gasteiger partial charge in [0.05, 0.1) is 0 Å². The minimum absolute atomic E-state index is 0.834. The van der Waals surface area contributed by atoms with Crippen LogP contribution in [0.1, 0.15) is 45.4 Å². The minimum atomic E-state index is 0.834. The molecule has 0 aromatic heterocycles. The predicted octanol–water partition coefficient (Wildman–Crippen LogP) is 3.66. The van der Waals surface area contributed by atoms with E-state index in [1.807, 2.05) is 6.08 Å². The summed E-state index contributed by atoms with van der Waals surface area (Å²) in [5.41, 5.74) is 0. The molecule has 0 N–H and O–H groups in total. The summed E-state index contributed by atoms with van der Waals surface area (Å²) in [4.78, 5) is 9.91. The summed E-state index contributed by atoms with van der Waals surface area (Å²) in [6.45, 7) is 2.19. The van der Waals surface area contributed by atoms with Gasteiger partial charge >= 0.3 is 0 Å². The summed E-state index contributed by atoms with van der Waals surface area (Å²) in [6.07, 6.45) is 15.9. The molecule has 0 bridgehead atoms. The van der Waals surface area contributed by atoms with Gasteiger partial charge in [0, 0.05) is 0 Å². The number of hydrogen-bond donors (Lipinski definition) is 0. The average molecular weight is 180 g/mol. The first-order valence-electron chi connectivity index (χ1n) is 5.17. The summed E-state index contributed by atoms with van der Waals surface area (Å²) in [5, 5.41) is 0. The molecule has 0 radical (unpaired) electrons. The molecule has 13 heavy (non-hydrogen) atoms. The van der Waals surface area contributed by atoms with Crippen LogP contribution in [0.4, 0.5) is 0 Å². The molecule has 0 rings (SSSR count). The second-order valence-electron chi connectivity index (χ2n) is 3.11. The van der Waals surface area contributed by atoms with Gasteiger partial charge in [-0.1, -0.05) is 31.6 Å². The van der Waals surface area contributed by atoms with Crippen molar-refractivity contribution in [2.24, 2.45) is 0 Å².